The van der Waals surface area contributed by atoms with Crippen LogP contribution in [-0.4, -0.2) is 22.3 Å². The fraction of sp³-hybridized carbons (Fsp3) is 0.667. The van der Waals surface area contributed by atoms with Crippen LogP contribution in [-0.2, 0) is 15.2 Å². The number of carbonyl (C=O) groups is 1. The van der Waals surface area contributed by atoms with E-state index in [0.717, 1.165) is 0 Å². The first kappa shape index (κ1) is 6.35. The fourth-order valence-electron chi connectivity index (χ4n) is 0.438. The van der Waals surface area contributed by atoms with Gasteiger partial charge < -0.3 is 4.55 Å². The molecule has 1 aliphatic rings. The molecule has 0 amide bonds. The maximum Gasteiger partial charge on any atom is 0.246 e. The Hall–Kier alpha value is 0.230. The van der Waals surface area contributed by atoms with Gasteiger partial charge >= 0.3 is 0 Å². The van der Waals surface area contributed by atoms with Crippen molar-refractivity contribution in [1.29, 1.82) is 0 Å². The van der Waals surface area contributed by atoms with E-state index in [4.69, 9.17) is 10.7 Å². The molecule has 2 atom stereocenters. The van der Waals surface area contributed by atoms with E-state index in [9.17, 15) is 9.35 Å². The van der Waals surface area contributed by atoms with Crippen LogP contribution in [0, 0.1) is 0 Å². The van der Waals surface area contributed by atoms with Crippen molar-refractivity contribution < 1.29 is 9.35 Å². The number of carbonyl (C=O) groups excluding carboxylic acids is 1. The van der Waals surface area contributed by atoms with E-state index in [0.29, 0.717) is 6.54 Å². The monoisotopic (exact) mass is 153 g/mol. The summed E-state index contributed by atoms with van der Waals surface area (Å²) in [6.45, 7) is 0.309. The zero-order valence-corrected chi connectivity index (χ0v) is 5.46. The van der Waals surface area contributed by atoms with Crippen molar-refractivity contribution in [1.82, 2.24) is 5.32 Å². The molecule has 1 N–H and O–H groups in total. The predicted molar refractivity (Wildman–Crippen MR) is 30.8 cm³/mol. The lowest BCUT2D eigenvalue weighted by Gasteiger charge is -2.22. The van der Waals surface area contributed by atoms with E-state index in [1.807, 2.05) is 0 Å². The minimum atomic E-state index is -1.54. The van der Waals surface area contributed by atoms with E-state index >= 15 is 0 Å². The summed E-state index contributed by atoms with van der Waals surface area (Å²) in [4.78, 5) is 10.3. The molecule has 0 aliphatic carbocycles. The second kappa shape index (κ2) is 2.23. The van der Waals surface area contributed by atoms with Crippen LogP contribution in [0.3, 0.4) is 0 Å². The van der Waals surface area contributed by atoms with Gasteiger partial charge in [-0.25, -0.2) is 0 Å². The SMILES string of the molecule is O=C1CNC1[S+]([O-])Cl. The summed E-state index contributed by atoms with van der Waals surface area (Å²) in [5.74, 6) is -0.0710. The second-order valence-corrected chi connectivity index (χ2v) is 3.36. The smallest absolute Gasteiger partial charge is 0.246 e. The molecular weight excluding hydrogens is 150 g/mol. The van der Waals surface area contributed by atoms with Crippen molar-refractivity contribution in [2.45, 2.75) is 5.37 Å². The first-order valence-corrected chi connectivity index (χ1v) is 4.08. The van der Waals surface area contributed by atoms with E-state index < -0.39 is 15.8 Å². The molecule has 1 heterocycles. The summed E-state index contributed by atoms with van der Waals surface area (Å²) in [5.41, 5.74) is 0. The van der Waals surface area contributed by atoms with Crippen molar-refractivity contribution >= 4 is 26.9 Å². The van der Waals surface area contributed by atoms with Crippen LogP contribution in [0.1, 0.15) is 0 Å². The number of rotatable bonds is 1. The van der Waals surface area contributed by atoms with Crippen molar-refractivity contribution in [3.05, 3.63) is 0 Å². The second-order valence-electron chi connectivity index (χ2n) is 1.48. The third-order valence-corrected chi connectivity index (χ3v) is 2.27. The van der Waals surface area contributed by atoms with Gasteiger partial charge in [-0.15, -0.1) is 0 Å². The Morgan fingerprint density at radius 3 is 2.62 bits per heavy atom. The third kappa shape index (κ3) is 0.974. The van der Waals surface area contributed by atoms with Crippen LogP contribution in [0.5, 0.6) is 0 Å². The number of halogens is 1. The molecule has 3 nitrogen and oxygen atoms in total. The lowest BCUT2D eigenvalue weighted by Crippen LogP contribution is -2.56. The van der Waals surface area contributed by atoms with Gasteiger partial charge in [0.2, 0.25) is 11.2 Å². The first-order chi connectivity index (χ1) is 3.72. The predicted octanol–water partition coefficient (Wildman–Crippen LogP) is -0.613. The molecule has 1 aliphatic heterocycles. The molecule has 0 spiro atoms. The van der Waals surface area contributed by atoms with E-state index in [-0.39, 0.29) is 5.78 Å². The van der Waals surface area contributed by atoms with Gasteiger partial charge in [0, 0.05) is 0 Å². The summed E-state index contributed by atoms with van der Waals surface area (Å²) >= 11 is 0. The Bertz CT molecular complexity index is 118. The van der Waals surface area contributed by atoms with Gasteiger partial charge in [-0.05, 0) is 0 Å². The van der Waals surface area contributed by atoms with Crippen LogP contribution >= 0.6 is 10.7 Å². The molecule has 1 rings (SSSR count). The van der Waals surface area contributed by atoms with Crippen molar-refractivity contribution in [3.63, 3.8) is 0 Å². The van der Waals surface area contributed by atoms with Crippen LogP contribution < -0.4 is 5.32 Å². The lowest BCUT2D eigenvalue weighted by molar-refractivity contribution is -0.122. The van der Waals surface area contributed by atoms with Crippen LogP contribution in [0.15, 0.2) is 0 Å². The maximum absolute atomic E-state index is 10.3. The molecule has 0 saturated carbocycles. The van der Waals surface area contributed by atoms with Gasteiger partial charge in [0.1, 0.15) is 0 Å². The Morgan fingerprint density at radius 2 is 2.62 bits per heavy atom. The molecular formula is C3H4ClNO2S. The first-order valence-electron chi connectivity index (χ1n) is 2.05. The molecule has 0 bridgehead atoms. The average molecular weight is 154 g/mol. The summed E-state index contributed by atoms with van der Waals surface area (Å²) < 4.78 is 10.2. The molecule has 0 aromatic rings. The summed E-state index contributed by atoms with van der Waals surface area (Å²) in [6.07, 6.45) is 0. The molecule has 0 aromatic heterocycles. The summed E-state index contributed by atoms with van der Waals surface area (Å²) in [6, 6.07) is 0. The van der Waals surface area contributed by atoms with E-state index in [1.54, 1.807) is 0 Å². The average Bonchev–Trinajstić information content (AvgIpc) is 1.61. The van der Waals surface area contributed by atoms with Gasteiger partial charge in [-0.3, -0.25) is 10.1 Å². The van der Waals surface area contributed by atoms with E-state index in [2.05, 4.69) is 5.32 Å². The molecule has 0 radical (unpaired) electrons. The number of Topliss-reactive ketones (excluding diaryl/α,β-unsaturated/α-hetero) is 1. The third-order valence-electron chi connectivity index (χ3n) is 0.939. The molecule has 46 valence electrons. The number of hydrogen-bond acceptors (Lipinski definition) is 3. The number of nitrogens with one attached hydrogen (secondary N) is 1. The fourth-order valence-corrected chi connectivity index (χ4v) is 1.43. The normalized spacial score (nSPS) is 31.8. The standard InChI is InChI=1S/C3H4ClNO2S/c4-8(7)3-2(6)1-5-3/h3,5H,1H2. The van der Waals surface area contributed by atoms with Crippen molar-refractivity contribution in [3.8, 4) is 0 Å². The minimum Gasteiger partial charge on any atom is -0.598 e. The van der Waals surface area contributed by atoms with Crippen LogP contribution in [0.25, 0.3) is 0 Å². The quantitative estimate of drug-likeness (QED) is 0.512. The van der Waals surface area contributed by atoms with Crippen LogP contribution in [0.2, 0.25) is 0 Å². The maximum atomic E-state index is 10.3. The highest BCUT2D eigenvalue weighted by atomic mass is 35.7. The molecule has 1 fully saturated rings. The molecule has 8 heavy (non-hydrogen) atoms. The van der Waals surface area contributed by atoms with Crippen molar-refractivity contribution in [2.75, 3.05) is 6.54 Å². The highest BCUT2D eigenvalue weighted by molar-refractivity contribution is 8.14. The van der Waals surface area contributed by atoms with E-state index in [1.165, 1.54) is 0 Å². The Kier molecular flexibility index (Phi) is 1.77. The van der Waals surface area contributed by atoms with Gasteiger partial charge in [-0.1, -0.05) is 0 Å². The highest BCUT2D eigenvalue weighted by Crippen LogP contribution is 2.10. The van der Waals surface area contributed by atoms with Gasteiger partial charge in [0.15, 0.2) is 10.7 Å². The molecule has 0 aromatic carbocycles. The largest absolute Gasteiger partial charge is 0.598 e. The van der Waals surface area contributed by atoms with Crippen LogP contribution in [0.4, 0.5) is 0 Å². The Morgan fingerprint density at radius 1 is 2.00 bits per heavy atom. The Labute approximate surface area is 54.1 Å². The molecule has 2 unspecified atom stereocenters. The molecule has 5 heteroatoms. The zero-order chi connectivity index (χ0) is 6.15. The summed E-state index contributed by atoms with van der Waals surface area (Å²) in [5, 5.41) is 2.01. The number of ketones is 1. The topological polar surface area (TPSA) is 52.2 Å². The van der Waals surface area contributed by atoms with Gasteiger partial charge in [0.25, 0.3) is 0 Å². The highest BCUT2D eigenvalue weighted by Gasteiger charge is 2.37. The lowest BCUT2D eigenvalue weighted by atomic mass is 10.3. The van der Waals surface area contributed by atoms with Crippen molar-refractivity contribution in [2.24, 2.45) is 0 Å². The number of hydrogen-bond donors (Lipinski definition) is 1. The molecule has 1 saturated heterocycles. The Balaban J connectivity index is 2.37. The van der Waals surface area contributed by atoms with Gasteiger partial charge in [0.05, 0.1) is 16.9 Å². The summed E-state index contributed by atoms with van der Waals surface area (Å²) in [7, 11) is 3.52. The minimum absolute atomic E-state index is 0.0710. The van der Waals surface area contributed by atoms with Gasteiger partial charge in [-0.2, -0.15) is 0 Å². The zero-order valence-electron chi connectivity index (χ0n) is 3.89.